The number of rotatable bonds is 11. The summed E-state index contributed by atoms with van der Waals surface area (Å²) in [6.45, 7) is 3.92. The quantitative estimate of drug-likeness (QED) is 0.322. The van der Waals surface area contributed by atoms with Crippen molar-refractivity contribution in [2.45, 2.75) is 78.1 Å². The van der Waals surface area contributed by atoms with Gasteiger partial charge in [0.2, 0.25) is 0 Å². The molecule has 0 spiro atoms. The largest absolute Gasteiger partial charge is 0.508 e. The highest BCUT2D eigenvalue weighted by molar-refractivity contribution is 5.99. The molecule has 0 bridgehead atoms. The molecule has 0 amide bonds. The Hall–Kier alpha value is -1.51. The molecule has 0 fully saturated rings. The van der Waals surface area contributed by atoms with E-state index >= 15 is 0 Å². The summed E-state index contributed by atoms with van der Waals surface area (Å²) in [4.78, 5) is 12.1. The van der Waals surface area contributed by atoms with Gasteiger partial charge in [0.25, 0.3) is 0 Å². The number of aromatic hydroxyl groups is 2. The number of carbonyl (C=O) groups excluding carboxylic acids is 1. The van der Waals surface area contributed by atoms with Crippen molar-refractivity contribution in [3.8, 4) is 11.5 Å². The van der Waals surface area contributed by atoms with Crippen LogP contribution in [0.25, 0.3) is 0 Å². The molecule has 0 radical (unpaired) electrons. The number of phenolic OH excluding ortho intramolecular Hbond substituents is 2. The number of Topliss-reactive ketones (excluding diaryl/α,β-unsaturated/α-hetero) is 1. The molecule has 0 aliphatic carbocycles. The van der Waals surface area contributed by atoms with Gasteiger partial charge < -0.3 is 10.2 Å². The molecule has 3 nitrogen and oxygen atoms in total. The van der Waals surface area contributed by atoms with Crippen LogP contribution in [0.2, 0.25) is 0 Å². The first-order valence-electron chi connectivity index (χ1n) is 8.62. The highest BCUT2D eigenvalue weighted by atomic mass is 16.3. The molecule has 2 N–H and O–H groups in total. The highest BCUT2D eigenvalue weighted by Crippen LogP contribution is 2.28. The summed E-state index contributed by atoms with van der Waals surface area (Å²) in [6, 6.07) is 2.82. The van der Waals surface area contributed by atoms with Gasteiger partial charge in [-0.1, -0.05) is 58.3 Å². The third-order valence-electron chi connectivity index (χ3n) is 4.12. The Labute approximate surface area is 134 Å². The number of benzene rings is 1. The third kappa shape index (κ3) is 6.50. The van der Waals surface area contributed by atoms with E-state index in [-0.39, 0.29) is 22.8 Å². The van der Waals surface area contributed by atoms with Crippen LogP contribution in [0.4, 0.5) is 0 Å². The van der Waals surface area contributed by atoms with Crippen molar-refractivity contribution < 1.29 is 15.0 Å². The number of hydrogen-bond donors (Lipinski definition) is 2. The van der Waals surface area contributed by atoms with E-state index in [1.165, 1.54) is 57.1 Å². The lowest BCUT2D eigenvalue weighted by molar-refractivity contribution is 0.0976. The minimum absolute atomic E-state index is 0.0313. The number of unbranched alkanes of at least 4 members (excludes halogenated alkanes) is 8. The van der Waals surface area contributed by atoms with Gasteiger partial charge in [-0.3, -0.25) is 4.79 Å². The van der Waals surface area contributed by atoms with Gasteiger partial charge in [0.1, 0.15) is 11.5 Å². The van der Waals surface area contributed by atoms with Gasteiger partial charge in [-0.2, -0.15) is 0 Å². The van der Waals surface area contributed by atoms with Gasteiger partial charge in [0.15, 0.2) is 5.78 Å². The maximum Gasteiger partial charge on any atom is 0.166 e. The average molecular weight is 306 g/mol. The predicted molar refractivity (Wildman–Crippen MR) is 90.7 cm³/mol. The van der Waals surface area contributed by atoms with E-state index in [2.05, 4.69) is 6.92 Å². The first kappa shape index (κ1) is 18.5. The van der Waals surface area contributed by atoms with Crippen molar-refractivity contribution in [3.63, 3.8) is 0 Å². The van der Waals surface area contributed by atoms with E-state index in [1.807, 2.05) is 0 Å². The van der Waals surface area contributed by atoms with Crippen LogP contribution in [-0.4, -0.2) is 16.0 Å². The van der Waals surface area contributed by atoms with Crippen molar-refractivity contribution in [2.75, 3.05) is 0 Å². The van der Waals surface area contributed by atoms with Crippen molar-refractivity contribution >= 4 is 5.78 Å². The van der Waals surface area contributed by atoms with E-state index < -0.39 is 0 Å². The summed E-state index contributed by atoms with van der Waals surface area (Å²) in [7, 11) is 0. The Bertz CT molecular complexity index is 466. The normalized spacial score (nSPS) is 10.8. The molecule has 1 rings (SSSR count). The van der Waals surface area contributed by atoms with Crippen molar-refractivity contribution in [1.29, 1.82) is 0 Å². The first-order chi connectivity index (χ1) is 10.6. The zero-order valence-corrected chi connectivity index (χ0v) is 14.0. The van der Waals surface area contributed by atoms with Crippen LogP contribution in [0.3, 0.4) is 0 Å². The zero-order valence-electron chi connectivity index (χ0n) is 14.0. The minimum atomic E-state index is -0.0873. The highest BCUT2D eigenvalue weighted by Gasteiger charge is 2.13. The smallest absolute Gasteiger partial charge is 0.166 e. The standard InChI is InChI=1S/C19H30O3/c1-3-4-5-6-7-8-9-10-11-12-17(20)16-14-18(21)15(2)13-19(16)22/h13-14,21-22H,3-12H2,1-2H3. The van der Waals surface area contributed by atoms with Crippen molar-refractivity contribution in [1.82, 2.24) is 0 Å². The Kier molecular flexibility index (Phi) is 8.64. The lowest BCUT2D eigenvalue weighted by atomic mass is 10.0. The summed E-state index contributed by atoms with van der Waals surface area (Å²) < 4.78 is 0. The molecule has 124 valence electrons. The van der Waals surface area contributed by atoms with Crippen LogP contribution in [0.1, 0.15) is 87.1 Å². The van der Waals surface area contributed by atoms with Crippen LogP contribution >= 0.6 is 0 Å². The monoisotopic (exact) mass is 306 g/mol. The Morgan fingerprint density at radius 1 is 0.864 bits per heavy atom. The molecule has 1 aromatic rings. The fraction of sp³-hybridized carbons (Fsp3) is 0.632. The molecule has 0 heterocycles. The number of carbonyl (C=O) groups is 1. The molecule has 0 saturated carbocycles. The van der Waals surface area contributed by atoms with E-state index in [0.29, 0.717) is 12.0 Å². The maximum atomic E-state index is 12.1. The molecule has 0 aromatic heterocycles. The maximum absolute atomic E-state index is 12.1. The Morgan fingerprint density at radius 2 is 1.41 bits per heavy atom. The summed E-state index contributed by atoms with van der Waals surface area (Å²) in [6.07, 6.45) is 11.3. The topological polar surface area (TPSA) is 57.5 Å². The molecule has 0 aliphatic heterocycles. The number of phenols is 2. The molecule has 0 atom stereocenters. The zero-order chi connectivity index (χ0) is 16.4. The van der Waals surface area contributed by atoms with E-state index in [4.69, 9.17) is 0 Å². The molecule has 0 saturated heterocycles. The van der Waals surface area contributed by atoms with Gasteiger partial charge >= 0.3 is 0 Å². The van der Waals surface area contributed by atoms with Crippen molar-refractivity contribution in [3.05, 3.63) is 23.3 Å². The lowest BCUT2D eigenvalue weighted by Crippen LogP contribution is -2.00. The molecular weight excluding hydrogens is 276 g/mol. The van der Waals surface area contributed by atoms with Crippen LogP contribution in [0.15, 0.2) is 12.1 Å². The van der Waals surface area contributed by atoms with Gasteiger partial charge in [-0.15, -0.1) is 0 Å². The van der Waals surface area contributed by atoms with Crippen LogP contribution in [0, 0.1) is 6.92 Å². The Balaban J connectivity index is 2.20. The second-order valence-electron chi connectivity index (χ2n) is 6.16. The molecule has 3 heteroatoms. The fourth-order valence-corrected chi connectivity index (χ4v) is 2.64. The van der Waals surface area contributed by atoms with Crippen LogP contribution in [-0.2, 0) is 0 Å². The number of ketones is 1. The van der Waals surface area contributed by atoms with E-state index in [9.17, 15) is 15.0 Å². The average Bonchev–Trinajstić information content (AvgIpc) is 2.49. The summed E-state index contributed by atoms with van der Waals surface area (Å²) >= 11 is 0. The molecular formula is C19H30O3. The second kappa shape index (κ2) is 10.3. The predicted octanol–water partition coefficient (Wildman–Crippen LogP) is 5.51. The van der Waals surface area contributed by atoms with Crippen LogP contribution < -0.4 is 0 Å². The van der Waals surface area contributed by atoms with Crippen LogP contribution in [0.5, 0.6) is 11.5 Å². The first-order valence-corrected chi connectivity index (χ1v) is 8.62. The lowest BCUT2D eigenvalue weighted by Gasteiger charge is -2.07. The summed E-state index contributed by atoms with van der Waals surface area (Å²) in [5.74, 6) is -0.0554. The van der Waals surface area contributed by atoms with E-state index in [0.717, 1.165) is 12.8 Å². The van der Waals surface area contributed by atoms with Gasteiger partial charge in [0, 0.05) is 6.42 Å². The molecule has 0 unspecified atom stereocenters. The fourth-order valence-electron chi connectivity index (χ4n) is 2.64. The van der Waals surface area contributed by atoms with Gasteiger partial charge in [-0.25, -0.2) is 0 Å². The van der Waals surface area contributed by atoms with E-state index in [1.54, 1.807) is 6.92 Å². The third-order valence-corrected chi connectivity index (χ3v) is 4.12. The molecule has 0 aliphatic rings. The minimum Gasteiger partial charge on any atom is -0.508 e. The second-order valence-corrected chi connectivity index (χ2v) is 6.16. The number of hydrogen-bond acceptors (Lipinski definition) is 3. The molecule has 22 heavy (non-hydrogen) atoms. The Morgan fingerprint density at radius 3 is 2.00 bits per heavy atom. The van der Waals surface area contributed by atoms with Crippen molar-refractivity contribution in [2.24, 2.45) is 0 Å². The SMILES string of the molecule is CCCCCCCCCCCC(=O)c1cc(O)c(C)cc1O. The molecule has 1 aromatic carbocycles. The summed E-state index contributed by atoms with van der Waals surface area (Å²) in [5, 5.41) is 19.4. The van der Waals surface area contributed by atoms with Gasteiger partial charge in [-0.05, 0) is 31.0 Å². The summed E-state index contributed by atoms with van der Waals surface area (Å²) in [5.41, 5.74) is 0.819. The number of aryl methyl sites for hydroxylation is 1. The van der Waals surface area contributed by atoms with Gasteiger partial charge in [0.05, 0.1) is 5.56 Å².